The monoisotopic (exact) mass is 307 g/mol. The SMILES string of the molecule is COc1cc(OC)cc(C(O)c2csc(C(C)(C)C)n2)c1. The molecule has 0 radical (unpaired) electrons. The van der Waals surface area contributed by atoms with Crippen molar-refractivity contribution in [3.8, 4) is 11.5 Å². The molecule has 0 bridgehead atoms. The Balaban J connectivity index is 2.35. The fourth-order valence-electron chi connectivity index (χ4n) is 1.91. The smallest absolute Gasteiger partial charge is 0.122 e. The van der Waals surface area contributed by atoms with Gasteiger partial charge in [0.05, 0.1) is 24.9 Å². The predicted molar refractivity (Wildman–Crippen MR) is 84.4 cm³/mol. The van der Waals surface area contributed by atoms with Crippen LogP contribution in [0.5, 0.6) is 11.5 Å². The van der Waals surface area contributed by atoms with Gasteiger partial charge in [-0.05, 0) is 17.7 Å². The van der Waals surface area contributed by atoms with Crippen LogP contribution in [0.25, 0.3) is 0 Å². The molecule has 0 spiro atoms. The first-order valence-electron chi connectivity index (χ1n) is 6.72. The molecule has 4 nitrogen and oxygen atoms in total. The molecule has 114 valence electrons. The van der Waals surface area contributed by atoms with Crippen molar-refractivity contribution in [2.75, 3.05) is 14.2 Å². The number of ether oxygens (including phenoxy) is 2. The minimum Gasteiger partial charge on any atom is -0.497 e. The molecule has 0 amide bonds. The van der Waals surface area contributed by atoms with Gasteiger partial charge in [0, 0.05) is 16.9 Å². The largest absolute Gasteiger partial charge is 0.497 e. The minimum atomic E-state index is -0.790. The third-order valence-electron chi connectivity index (χ3n) is 3.13. The molecule has 1 aromatic carbocycles. The van der Waals surface area contributed by atoms with E-state index in [4.69, 9.17) is 9.47 Å². The van der Waals surface area contributed by atoms with Crippen molar-refractivity contribution in [2.45, 2.75) is 32.3 Å². The summed E-state index contributed by atoms with van der Waals surface area (Å²) in [7, 11) is 3.18. The zero-order valence-electron chi connectivity index (χ0n) is 13.0. The predicted octanol–water partition coefficient (Wildman–Crippen LogP) is 3.54. The molecule has 2 aromatic rings. The van der Waals surface area contributed by atoms with Crippen LogP contribution in [-0.2, 0) is 5.41 Å². The van der Waals surface area contributed by atoms with Crippen molar-refractivity contribution in [1.29, 1.82) is 0 Å². The van der Waals surface area contributed by atoms with E-state index in [1.165, 1.54) is 0 Å². The maximum absolute atomic E-state index is 10.5. The molecular formula is C16H21NO3S. The maximum Gasteiger partial charge on any atom is 0.122 e. The van der Waals surface area contributed by atoms with Crippen LogP contribution in [0.15, 0.2) is 23.6 Å². The number of nitrogens with zero attached hydrogens (tertiary/aromatic N) is 1. The van der Waals surface area contributed by atoms with Crippen LogP contribution >= 0.6 is 11.3 Å². The van der Waals surface area contributed by atoms with E-state index in [-0.39, 0.29) is 5.41 Å². The van der Waals surface area contributed by atoms with E-state index in [9.17, 15) is 5.11 Å². The quantitative estimate of drug-likeness (QED) is 0.938. The third-order valence-corrected chi connectivity index (χ3v) is 4.42. The summed E-state index contributed by atoms with van der Waals surface area (Å²) in [4.78, 5) is 4.56. The van der Waals surface area contributed by atoms with E-state index in [0.717, 1.165) is 5.01 Å². The first kappa shape index (κ1) is 15.8. The molecular weight excluding hydrogens is 286 g/mol. The molecule has 21 heavy (non-hydrogen) atoms. The van der Waals surface area contributed by atoms with Gasteiger partial charge < -0.3 is 14.6 Å². The lowest BCUT2D eigenvalue weighted by atomic mass is 9.98. The zero-order valence-corrected chi connectivity index (χ0v) is 13.8. The normalized spacial score (nSPS) is 13.0. The van der Waals surface area contributed by atoms with Gasteiger partial charge in [0.15, 0.2) is 0 Å². The Morgan fingerprint density at radius 2 is 1.67 bits per heavy atom. The molecule has 0 aliphatic heterocycles. The van der Waals surface area contributed by atoms with E-state index >= 15 is 0 Å². The van der Waals surface area contributed by atoms with Crippen LogP contribution in [0.4, 0.5) is 0 Å². The molecule has 0 saturated heterocycles. The molecule has 1 unspecified atom stereocenters. The van der Waals surface area contributed by atoms with Crippen LogP contribution in [0, 0.1) is 0 Å². The first-order chi connectivity index (χ1) is 9.85. The highest BCUT2D eigenvalue weighted by Gasteiger charge is 2.22. The topological polar surface area (TPSA) is 51.6 Å². The van der Waals surface area contributed by atoms with Crippen LogP contribution in [0.1, 0.15) is 43.1 Å². The lowest BCUT2D eigenvalue weighted by Crippen LogP contribution is -2.11. The van der Waals surface area contributed by atoms with E-state index in [0.29, 0.717) is 22.8 Å². The Morgan fingerprint density at radius 3 is 2.10 bits per heavy atom. The molecule has 0 fully saturated rings. The van der Waals surface area contributed by atoms with Crippen LogP contribution in [-0.4, -0.2) is 24.3 Å². The highest BCUT2D eigenvalue weighted by atomic mass is 32.1. The number of hydrogen-bond acceptors (Lipinski definition) is 5. The lowest BCUT2D eigenvalue weighted by molar-refractivity contribution is 0.214. The van der Waals surface area contributed by atoms with Crippen molar-refractivity contribution >= 4 is 11.3 Å². The second-order valence-electron chi connectivity index (χ2n) is 5.88. The van der Waals surface area contributed by atoms with E-state index in [2.05, 4.69) is 25.8 Å². The Morgan fingerprint density at radius 1 is 1.10 bits per heavy atom. The van der Waals surface area contributed by atoms with Gasteiger partial charge in [0.25, 0.3) is 0 Å². The summed E-state index contributed by atoms with van der Waals surface area (Å²) in [5, 5.41) is 13.4. The van der Waals surface area contributed by atoms with Crippen molar-refractivity contribution in [2.24, 2.45) is 0 Å². The highest BCUT2D eigenvalue weighted by Crippen LogP contribution is 2.32. The Kier molecular flexibility index (Phi) is 4.54. The molecule has 0 aliphatic rings. The Hall–Kier alpha value is -1.59. The van der Waals surface area contributed by atoms with Crippen LogP contribution in [0.2, 0.25) is 0 Å². The number of rotatable bonds is 4. The average Bonchev–Trinajstić information content (AvgIpc) is 2.95. The van der Waals surface area contributed by atoms with Gasteiger partial charge in [0.2, 0.25) is 0 Å². The average molecular weight is 307 g/mol. The number of aliphatic hydroxyl groups is 1. The zero-order chi connectivity index (χ0) is 15.6. The lowest BCUT2D eigenvalue weighted by Gasteiger charge is -2.15. The molecule has 0 aliphatic carbocycles. The number of aliphatic hydroxyl groups excluding tert-OH is 1. The standard InChI is InChI=1S/C16H21NO3S/c1-16(2,3)15-17-13(9-21-15)14(18)10-6-11(19-4)8-12(7-10)20-5/h6-9,14,18H,1-5H3. The third kappa shape index (κ3) is 3.54. The second kappa shape index (κ2) is 6.03. The molecule has 1 aromatic heterocycles. The van der Waals surface area contributed by atoms with Gasteiger partial charge in [0.1, 0.15) is 17.6 Å². The summed E-state index contributed by atoms with van der Waals surface area (Å²) in [5.74, 6) is 1.30. The van der Waals surface area contributed by atoms with Gasteiger partial charge >= 0.3 is 0 Å². The summed E-state index contributed by atoms with van der Waals surface area (Å²) in [5.41, 5.74) is 1.34. The summed E-state index contributed by atoms with van der Waals surface area (Å²) in [6.45, 7) is 6.32. The van der Waals surface area contributed by atoms with Gasteiger partial charge in [-0.3, -0.25) is 0 Å². The number of hydrogen-bond donors (Lipinski definition) is 1. The molecule has 5 heteroatoms. The fourth-order valence-corrected chi connectivity index (χ4v) is 2.84. The minimum absolute atomic E-state index is 0.0191. The van der Waals surface area contributed by atoms with E-state index < -0.39 is 6.10 Å². The number of benzene rings is 1. The molecule has 0 saturated carbocycles. The Labute approximate surface area is 129 Å². The highest BCUT2D eigenvalue weighted by molar-refractivity contribution is 7.09. The summed E-state index contributed by atoms with van der Waals surface area (Å²) in [6.07, 6.45) is -0.790. The second-order valence-corrected chi connectivity index (χ2v) is 6.73. The number of methoxy groups -OCH3 is 2. The maximum atomic E-state index is 10.5. The van der Waals surface area contributed by atoms with Crippen LogP contribution in [0.3, 0.4) is 0 Å². The van der Waals surface area contributed by atoms with Gasteiger partial charge in [-0.2, -0.15) is 0 Å². The van der Waals surface area contributed by atoms with Crippen molar-refractivity contribution in [3.05, 3.63) is 39.8 Å². The molecule has 1 atom stereocenters. The van der Waals surface area contributed by atoms with Gasteiger partial charge in [-0.25, -0.2) is 4.98 Å². The summed E-state index contributed by atoms with van der Waals surface area (Å²) in [6, 6.07) is 5.37. The first-order valence-corrected chi connectivity index (χ1v) is 7.60. The summed E-state index contributed by atoms with van der Waals surface area (Å²) >= 11 is 1.57. The number of aromatic nitrogens is 1. The Bertz CT molecular complexity index is 594. The molecule has 2 rings (SSSR count). The van der Waals surface area contributed by atoms with E-state index in [1.807, 2.05) is 5.38 Å². The number of thiazole rings is 1. The van der Waals surface area contributed by atoms with Crippen molar-refractivity contribution in [1.82, 2.24) is 4.98 Å². The van der Waals surface area contributed by atoms with Crippen molar-refractivity contribution < 1.29 is 14.6 Å². The van der Waals surface area contributed by atoms with Gasteiger partial charge in [-0.1, -0.05) is 20.8 Å². The van der Waals surface area contributed by atoms with Gasteiger partial charge in [-0.15, -0.1) is 11.3 Å². The van der Waals surface area contributed by atoms with Crippen molar-refractivity contribution in [3.63, 3.8) is 0 Å². The fraction of sp³-hybridized carbons (Fsp3) is 0.438. The molecule has 1 N–H and O–H groups in total. The summed E-state index contributed by atoms with van der Waals surface area (Å²) < 4.78 is 10.5. The molecule has 1 heterocycles. The van der Waals surface area contributed by atoms with E-state index in [1.54, 1.807) is 43.8 Å². The van der Waals surface area contributed by atoms with Crippen LogP contribution < -0.4 is 9.47 Å².